The molecule has 1 saturated carbocycles. The van der Waals surface area contributed by atoms with Gasteiger partial charge in [0.2, 0.25) is 0 Å². The highest BCUT2D eigenvalue weighted by Gasteiger charge is 2.42. The van der Waals surface area contributed by atoms with Crippen molar-refractivity contribution in [1.82, 2.24) is 0 Å². The summed E-state index contributed by atoms with van der Waals surface area (Å²) in [5.41, 5.74) is 0. The van der Waals surface area contributed by atoms with Crippen LogP contribution in [-0.2, 0) is 4.79 Å². The predicted octanol–water partition coefficient (Wildman–Crippen LogP) is 1.98. The van der Waals surface area contributed by atoms with Crippen LogP contribution in [0.3, 0.4) is 0 Å². The van der Waals surface area contributed by atoms with E-state index in [2.05, 4.69) is 0 Å². The molecule has 2 aliphatic carbocycles. The Morgan fingerprint density at radius 3 is 2.09 bits per heavy atom. The number of hydrogen-bond donors (Lipinski definition) is 0. The fourth-order valence-corrected chi connectivity index (χ4v) is 2.47. The van der Waals surface area contributed by atoms with E-state index in [0.717, 1.165) is 6.42 Å². The second kappa shape index (κ2) is 2.49. The molecule has 1 nitrogen and oxygen atoms in total. The van der Waals surface area contributed by atoms with Gasteiger partial charge in [0.1, 0.15) is 0 Å². The van der Waals surface area contributed by atoms with Crippen LogP contribution in [-0.4, -0.2) is 16.5 Å². The van der Waals surface area contributed by atoms with Gasteiger partial charge in [0.05, 0.1) is 10.8 Å². The molecule has 0 saturated heterocycles. The third-order valence-electron chi connectivity index (χ3n) is 2.45. The zero-order valence-corrected chi connectivity index (χ0v) is 7.35. The molecule has 1 fully saturated rings. The second-order valence-electron chi connectivity index (χ2n) is 3.15. The zero-order chi connectivity index (χ0) is 8.01. The number of rotatable bonds is 0. The standard InChI is InChI=1S/C8H8Cl2O/c9-6-4-1-2-5(3-4)7(10)8(6)11/h1-2,4-7H,3H2/t4-,5-,6+,7+/m0/s1. The van der Waals surface area contributed by atoms with E-state index in [0.29, 0.717) is 0 Å². The Bertz CT molecular complexity index is 204. The van der Waals surface area contributed by atoms with Gasteiger partial charge in [-0.25, -0.2) is 0 Å². The molecule has 2 aliphatic rings. The number of alkyl halides is 2. The lowest BCUT2D eigenvalue weighted by atomic mass is 9.86. The topological polar surface area (TPSA) is 17.1 Å². The maximum Gasteiger partial charge on any atom is 0.169 e. The molecular formula is C8H8Cl2O. The molecule has 0 aromatic carbocycles. The molecule has 0 radical (unpaired) electrons. The summed E-state index contributed by atoms with van der Waals surface area (Å²) in [7, 11) is 0. The Balaban J connectivity index is 2.29. The van der Waals surface area contributed by atoms with E-state index in [1.807, 2.05) is 12.2 Å². The Morgan fingerprint density at radius 1 is 1.18 bits per heavy atom. The van der Waals surface area contributed by atoms with Crippen molar-refractivity contribution >= 4 is 29.0 Å². The van der Waals surface area contributed by atoms with E-state index in [1.165, 1.54) is 0 Å². The van der Waals surface area contributed by atoms with Crippen molar-refractivity contribution in [3.63, 3.8) is 0 Å². The van der Waals surface area contributed by atoms with Gasteiger partial charge in [0, 0.05) is 11.8 Å². The lowest BCUT2D eigenvalue weighted by Gasteiger charge is -2.26. The van der Waals surface area contributed by atoms with E-state index in [1.54, 1.807) is 0 Å². The van der Waals surface area contributed by atoms with Crippen LogP contribution in [0.15, 0.2) is 12.2 Å². The van der Waals surface area contributed by atoms with Crippen molar-refractivity contribution in [2.24, 2.45) is 11.8 Å². The fraction of sp³-hybridized carbons (Fsp3) is 0.625. The minimum atomic E-state index is -0.382. The highest BCUT2D eigenvalue weighted by molar-refractivity contribution is 6.41. The summed E-state index contributed by atoms with van der Waals surface area (Å²) >= 11 is 11.7. The van der Waals surface area contributed by atoms with Gasteiger partial charge < -0.3 is 0 Å². The van der Waals surface area contributed by atoms with Crippen LogP contribution in [0.1, 0.15) is 6.42 Å². The Morgan fingerprint density at radius 2 is 1.64 bits per heavy atom. The maximum atomic E-state index is 11.3. The normalized spacial score (nSPS) is 48.4. The lowest BCUT2D eigenvalue weighted by molar-refractivity contribution is -0.120. The van der Waals surface area contributed by atoms with Crippen LogP contribution in [0.25, 0.3) is 0 Å². The number of carbonyl (C=O) groups is 1. The van der Waals surface area contributed by atoms with Crippen LogP contribution < -0.4 is 0 Å². The molecule has 0 unspecified atom stereocenters. The van der Waals surface area contributed by atoms with Crippen molar-refractivity contribution in [1.29, 1.82) is 0 Å². The molecule has 11 heavy (non-hydrogen) atoms. The molecule has 2 bridgehead atoms. The largest absolute Gasteiger partial charge is 0.296 e. The van der Waals surface area contributed by atoms with Crippen molar-refractivity contribution in [2.75, 3.05) is 0 Å². The fourth-order valence-electron chi connectivity index (χ4n) is 1.76. The predicted molar refractivity (Wildman–Crippen MR) is 45.0 cm³/mol. The number of fused-ring (bicyclic) bond motifs is 2. The van der Waals surface area contributed by atoms with Crippen LogP contribution >= 0.6 is 23.2 Å². The van der Waals surface area contributed by atoms with Crippen LogP contribution in [0.4, 0.5) is 0 Å². The summed E-state index contributed by atoms with van der Waals surface area (Å²) in [4.78, 5) is 11.3. The van der Waals surface area contributed by atoms with E-state index < -0.39 is 0 Å². The average Bonchev–Trinajstić information content (AvgIpc) is 2.44. The number of Topliss-reactive ketones (excluding diaryl/α,β-unsaturated/α-hetero) is 1. The molecule has 0 spiro atoms. The van der Waals surface area contributed by atoms with Gasteiger partial charge in [-0.15, -0.1) is 23.2 Å². The average molecular weight is 191 g/mol. The van der Waals surface area contributed by atoms with Gasteiger partial charge in [-0.2, -0.15) is 0 Å². The monoisotopic (exact) mass is 190 g/mol. The Kier molecular flexibility index (Phi) is 1.73. The molecule has 4 atom stereocenters. The smallest absolute Gasteiger partial charge is 0.169 e. The van der Waals surface area contributed by atoms with Gasteiger partial charge in [-0.05, 0) is 6.42 Å². The molecule has 0 N–H and O–H groups in total. The van der Waals surface area contributed by atoms with Crippen LogP contribution in [0, 0.1) is 11.8 Å². The Labute approximate surface area is 75.4 Å². The molecule has 0 aromatic heterocycles. The summed E-state index contributed by atoms with van der Waals surface area (Å²) in [5, 5.41) is -0.764. The number of halogens is 2. The van der Waals surface area contributed by atoms with Gasteiger partial charge in [0.25, 0.3) is 0 Å². The highest BCUT2D eigenvalue weighted by Crippen LogP contribution is 2.39. The Hall–Kier alpha value is -0.0100. The third-order valence-corrected chi connectivity index (χ3v) is 3.52. The van der Waals surface area contributed by atoms with Crippen molar-refractivity contribution < 1.29 is 4.79 Å². The van der Waals surface area contributed by atoms with Crippen molar-refractivity contribution in [2.45, 2.75) is 17.2 Å². The van der Waals surface area contributed by atoms with E-state index in [4.69, 9.17) is 23.2 Å². The van der Waals surface area contributed by atoms with Gasteiger partial charge in [-0.3, -0.25) is 4.79 Å². The number of carbonyl (C=O) groups excluding carboxylic acids is 1. The summed E-state index contributed by atoms with van der Waals surface area (Å²) in [5.74, 6) is 0.480. The number of hydrogen-bond acceptors (Lipinski definition) is 1. The first-order chi connectivity index (χ1) is 5.20. The first-order valence-electron chi connectivity index (χ1n) is 3.70. The van der Waals surface area contributed by atoms with Gasteiger partial charge in [-0.1, -0.05) is 12.2 Å². The zero-order valence-electron chi connectivity index (χ0n) is 5.84. The highest BCUT2D eigenvalue weighted by atomic mass is 35.5. The van der Waals surface area contributed by atoms with Crippen molar-refractivity contribution in [3.8, 4) is 0 Å². The van der Waals surface area contributed by atoms with Gasteiger partial charge >= 0.3 is 0 Å². The second-order valence-corrected chi connectivity index (χ2v) is 4.09. The first kappa shape index (κ1) is 7.63. The minimum Gasteiger partial charge on any atom is -0.296 e. The SMILES string of the molecule is O=C1[C@H](Cl)[C@H]2C=C[C@@H](C2)[C@H]1Cl. The maximum absolute atomic E-state index is 11.3. The third kappa shape index (κ3) is 1.02. The molecule has 0 aromatic rings. The van der Waals surface area contributed by atoms with Gasteiger partial charge in [0.15, 0.2) is 5.78 Å². The molecular weight excluding hydrogens is 183 g/mol. The van der Waals surface area contributed by atoms with E-state index in [9.17, 15) is 4.79 Å². The molecule has 3 heteroatoms. The summed E-state index contributed by atoms with van der Waals surface area (Å²) in [6, 6.07) is 0. The van der Waals surface area contributed by atoms with Crippen LogP contribution in [0.5, 0.6) is 0 Å². The first-order valence-corrected chi connectivity index (χ1v) is 4.57. The molecule has 0 heterocycles. The minimum absolute atomic E-state index is 0.000386. The summed E-state index contributed by atoms with van der Waals surface area (Å²) in [6.45, 7) is 0. The van der Waals surface area contributed by atoms with Crippen molar-refractivity contribution in [3.05, 3.63) is 12.2 Å². The summed E-state index contributed by atoms with van der Waals surface area (Å²) < 4.78 is 0. The molecule has 2 rings (SSSR count). The number of ketones is 1. The lowest BCUT2D eigenvalue weighted by Crippen LogP contribution is -2.38. The molecule has 0 amide bonds. The number of allylic oxidation sites excluding steroid dienone is 2. The molecule has 60 valence electrons. The summed E-state index contributed by atoms with van der Waals surface area (Å²) in [6.07, 6.45) is 4.99. The van der Waals surface area contributed by atoms with E-state index in [-0.39, 0.29) is 28.4 Å². The van der Waals surface area contributed by atoms with Crippen LogP contribution in [0.2, 0.25) is 0 Å². The van der Waals surface area contributed by atoms with E-state index >= 15 is 0 Å². The quantitative estimate of drug-likeness (QED) is 0.422. The molecule has 0 aliphatic heterocycles.